The minimum absolute atomic E-state index is 0.0399. The quantitative estimate of drug-likeness (QED) is 0.409. The number of carbonyl (C=O) groups is 1. The van der Waals surface area contributed by atoms with Crippen molar-refractivity contribution in [1.82, 2.24) is 0 Å². The molecule has 0 aliphatic heterocycles. The number of carbonyl (C=O) groups excluding carboxylic acids is 1. The second kappa shape index (κ2) is 9.93. The molecule has 0 aromatic heterocycles. The van der Waals surface area contributed by atoms with Gasteiger partial charge < -0.3 is 13.7 Å². The Morgan fingerprint density at radius 2 is 1.85 bits per heavy atom. The lowest BCUT2D eigenvalue weighted by Gasteiger charge is -2.22. The van der Waals surface area contributed by atoms with Gasteiger partial charge in [0.05, 0.1) is 7.11 Å². The molecule has 1 aromatic carbocycles. The topological polar surface area (TPSA) is 89.9 Å². The first-order valence-corrected chi connectivity index (χ1v) is 12.2. The van der Waals surface area contributed by atoms with Crippen LogP contribution in [0, 0.1) is 0 Å². The summed E-state index contributed by atoms with van der Waals surface area (Å²) >= 11 is 0. The first kappa shape index (κ1) is 24.4. The van der Waals surface area contributed by atoms with Crippen LogP contribution >= 0.6 is 0 Å². The Bertz CT molecular complexity index is 689. The molecule has 6 nitrogen and oxygen atoms in total. The molecule has 0 spiro atoms. The average Bonchev–Trinajstić information content (AvgIpc) is 2.52. The van der Waals surface area contributed by atoms with Crippen LogP contribution in [0.15, 0.2) is 18.2 Å². The normalized spacial score (nSPS) is 12.1. The molecule has 1 rings (SSSR count). The number of alkyl halides is 3. The zero-order valence-electron chi connectivity index (χ0n) is 15.0. The molecule has 0 radical (unpaired) electrons. The van der Waals surface area contributed by atoms with Gasteiger partial charge in [0.2, 0.25) is 8.32 Å². The largest absolute Gasteiger partial charge is 0.522 e. The fourth-order valence-electron chi connectivity index (χ4n) is 1.76. The molecule has 0 aliphatic carbocycles. The molecule has 1 N–H and O–H groups in total. The SMILES string of the molecule is CCCC[Si](C)(C)OS(=O)(=O)C(F)(F)F.COc1cc(C=O)ccc1O. The summed E-state index contributed by atoms with van der Waals surface area (Å²) < 4.78 is 66.5. The third-order valence-corrected chi connectivity index (χ3v) is 7.90. The van der Waals surface area contributed by atoms with Gasteiger partial charge in [0.15, 0.2) is 11.5 Å². The molecule has 0 amide bonds. The van der Waals surface area contributed by atoms with E-state index in [2.05, 4.69) is 3.87 Å². The highest BCUT2D eigenvalue weighted by molar-refractivity contribution is 7.88. The van der Waals surface area contributed by atoms with E-state index >= 15 is 0 Å². The van der Waals surface area contributed by atoms with Crippen molar-refractivity contribution in [3.8, 4) is 11.5 Å². The lowest BCUT2D eigenvalue weighted by molar-refractivity contribution is -0.0503. The van der Waals surface area contributed by atoms with Crippen LogP contribution in [-0.4, -0.2) is 40.7 Å². The van der Waals surface area contributed by atoms with E-state index in [0.717, 1.165) is 6.42 Å². The van der Waals surface area contributed by atoms with E-state index < -0.39 is 23.9 Å². The summed E-state index contributed by atoms with van der Waals surface area (Å²) in [7, 11) is -6.77. The summed E-state index contributed by atoms with van der Waals surface area (Å²) in [5, 5.41) is 9.09. The Morgan fingerprint density at radius 1 is 1.27 bits per heavy atom. The number of halogens is 3. The van der Waals surface area contributed by atoms with Gasteiger partial charge in [-0.15, -0.1) is 0 Å². The maximum absolute atomic E-state index is 12.0. The third kappa shape index (κ3) is 8.19. The van der Waals surface area contributed by atoms with E-state index in [9.17, 15) is 26.4 Å². The highest BCUT2D eigenvalue weighted by Crippen LogP contribution is 2.29. The van der Waals surface area contributed by atoms with Crippen LogP contribution in [-0.2, 0) is 14.0 Å². The molecule has 0 atom stereocenters. The molecule has 1 aromatic rings. The second-order valence-electron chi connectivity index (χ2n) is 5.90. The smallest absolute Gasteiger partial charge is 0.504 e. The number of hydrogen-bond donors (Lipinski definition) is 1. The molecule has 26 heavy (non-hydrogen) atoms. The summed E-state index contributed by atoms with van der Waals surface area (Å²) in [6.07, 6.45) is 2.17. The Balaban J connectivity index is 0.000000502. The Morgan fingerprint density at radius 3 is 2.27 bits per heavy atom. The van der Waals surface area contributed by atoms with Crippen LogP contribution in [0.1, 0.15) is 30.1 Å². The number of hydrogen-bond acceptors (Lipinski definition) is 6. The number of aromatic hydroxyl groups is 1. The van der Waals surface area contributed by atoms with Gasteiger partial charge in [-0.25, -0.2) is 0 Å². The minimum Gasteiger partial charge on any atom is -0.504 e. The Kier molecular flexibility index (Phi) is 9.32. The van der Waals surface area contributed by atoms with Crippen LogP contribution in [0.5, 0.6) is 11.5 Å². The molecule has 0 saturated carbocycles. The monoisotopic (exact) mass is 416 g/mol. The van der Waals surface area contributed by atoms with Gasteiger partial charge in [-0.05, 0) is 37.3 Å². The fourth-order valence-corrected chi connectivity index (χ4v) is 6.05. The molecule has 0 aliphatic rings. The van der Waals surface area contributed by atoms with Gasteiger partial charge in [-0.2, -0.15) is 21.6 Å². The Hall–Kier alpha value is -1.59. The van der Waals surface area contributed by atoms with Gasteiger partial charge in [-0.1, -0.05) is 19.8 Å². The zero-order valence-corrected chi connectivity index (χ0v) is 16.8. The highest BCUT2D eigenvalue weighted by Gasteiger charge is 2.50. The van der Waals surface area contributed by atoms with E-state index in [-0.39, 0.29) is 5.75 Å². The van der Waals surface area contributed by atoms with Gasteiger partial charge in [0, 0.05) is 5.56 Å². The van der Waals surface area contributed by atoms with Crippen molar-refractivity contribution in [2.75, 3.05) is 7.11 Å². The van der Waals surface area contributed by atoms with E-state index in [0.29, 0.717) is 30.1 Å². The molecule has 0 fully saturated rings. The molecule has 150 valence electrons. The molecular weight excluding hydrogens is 393 g/mol. The minimum atomic E-state index is -5.42. The van der Waals surface area contributed by atoms with E-state index in [1.165, 1.54) is 38.4 Å². The summed E-state index contributed by atoms with van der Waals surface area (Å²) in [6.45, 7) is 4.81. The number of benzene rings is 1. The Labute approximate surface area is 152 Å². The number of phenolic OH excluding ortho intramolecular Hbond substituents is 1. The van der Waals surface area contributed by atoms with Crippen LogP contribution in [0.25, 0.3) is 0 Å². The van der Waals surface area contributed by atoms with Crippen molar-refractivity contribution < 1.29 is 40.1 Å². The van der Waals surface area contributed by atoms with Crippen LogP contribution in [0.3, 0.4) is 0 Å². The maximum atomic E-state index is 12.0. The molecule has 11 heteroatoms. The maximum Gasteiger partial charge on any atom is 0.522 e. The number of rotatable bonds is 7. The number of unbranched alkanes of at least 4 members (excludes halogenated alkanes) is 1. The van der Waals surface area contributed by atoms with E-state index in [4.69, 9.17) is 9.84 Å². The molecule has 0 bridgehead atoms. The van der Waals surface area contributed by atoms with Crippen molar-refractivity contribution in [2.45, 2.75) is 44.4 Å². The first-order chi connectivity index (χ1) is 11.8. The summed E-state index contributed by atoms with van der Waals surface area (Å²) in [6, 6.07) is 4.81. The standard InChI is InChI=1S/C8H8O3.C7H15F3O3SSi/c1-11-8-4-6(5-9)2-3-7(8)10;1-4-5-6-15(2,3)13-14(11,12)7(8,9)10/h2-5,10H,1H3;4-6H2,1-3H3. The number of phenols is 1. The third-order valence-electron chi connectivity index (χ3n) is 3.09. The molecule has 0 saturated heterocycles. The van der Waals surface area contributed by atoms with E-state index in [1.807, 2.05) is 6.92 Å². The lowest BCUT2D eigenvalue weighted by atomic mass is 10.2. The predicted octanol–water partition coefficient (Wildman–Crippen LogP) is 4.07. The van der Waals surface area contributed by atoms with Crippen molar-refractivity contribution in [2.24, 2.45) is 0 Å². The van der Waals surface area contributed by atoms with Crippen LogP contribution < -0.4 is 4.74 Å². The predicted molar refractivity (Wildman–Crippen MR) is 93.3 cm³/mol. The average molecular weight is 416 g/mol. The van der Waals surface area contributed by atoms with Gasteiger partial charge in [0.25, 0.3) is 0 Å². The van der Waals surface area contributed by atoms with Crippen LogP contribution in [0.2, 0.25) is 19.1 Å². The van der Waals surface area contributed by atoms with Gasteiger partial charge >= 0.3 is 15.6 Å². The molecule has 0 heterocycles. The molecular formula is C15H23F3O6SSi. The van der Waals surface area contributed by atoms with Crippen molar-refractivity contribution in [1.29, 1.82) is 0 Å². The molecule has 0 unspecified atom stereocenters. The van der Waals surface area contributed by atoms with Gasteiger partial charge in [0.1, 0.15) is 6.29 Å². The van der Waals surface area contributed by atoms with Crippen LogP contribution in [0.4, 0.5) is 13.2 Å². The summed E-state index contributed by atoms with van der Waals surface area (Å²) in [5.41, 5.74) is -4.83. The second-order valence-corrected chi connectivity index (χ2v) is 12.0. The van der Waals surface area contributed by atoms with Crippen molar-refractivity contribution >= 4 is 24.7 Å². The van der Waals surface area contributed by atoms with Crippen molar-refractivity contribution in [3.05, 3.63) is 23.8 Å². The van der Waals surface area contributed by atoms with E-state index in [1.54, 1.807) is 0 Å². The van der Waals surface area contributed by atoms with Crippen molar-refractivity contribution in [3.63, 3.8) is 0 Å². The van der Waals surface area contributed by atoms with Gasteiger partial charge in [-0.3, -0.25) is 4.79 Å². The number of aldehydes is 1. The zero-order chi connectivity index (χ0) is 20.6. The number of methoxy groups -OCH3 is 1. The highest BCUT2D eigenvalue weighted by atomic mass is 32.2. The summed E-state index contributed by atoms with van der Waals surface area (Å²) in [5.74, 6) is 0.354. The first-order valence-electron chi connectivity index (χ1n) is 7.63. The lowest BCUT2D eigenvalue weighted by Crippen LogP contribution is -2.38. The summed E-state index contributed by atoms with van der Waals surface area (Å²) in [4.78, 5) is 10.2. The number of ether oxygens (including phenoxy) is 1. The fraction of sp³-hybridized carbons (Fsp3) is 0.533.